The van der Waals surface area contributed by atoms with Gasteiger partial charge in [-0.25, -0.2) is 4.79 Å². The summed E-state index contributed by atoms with van der Waals surface area (Å²) >= 11 is 3.67. The molecule has 4 heteroatoms. The van der Waals surface area contributed by atoms with Crippen LogP contribution in [-0.2, 0) is 4.79 Å². The fourth-order valence-electron chi connectivity index (χ4n) is 0. The molecular weight excluding hydrogens is 152 g/mol. The molecule has 10 heavy (non-hydrogen) atoms. The zero-order valence-electron chi connectivity index (χ0n) is 5.87. The first kappa shape index (κ1) is 12.2. The number of carboxylic acid groups (broad SMARTS) is 1. The van der Waals surface area contributed by atoms with Gasteiger partial charge < -0.3 is 10.2 Å². The van der Waals surface area contributed by atoms with Crippen molar-refractivity contribution >= 4 is 18.6 Å². The summed E-state index contributed by atoms with van der Waals surface area (Å²) in [6.07, 6.45) is 0. The molecule has 0 saturated heterocycles. The molecule has 0 bridgehead atoms. The van der Waals surface area contributed by atoms with Crippen molar-refractivity contribution in [1.29, 1.82) is 0 Å². The second kappa shape index (κ2) is 8.52. The van der Waals surface area contributed by atoms with E-state index in [2.05, 4.69) is 19.2 Å². The van der Waals surface area contributed by atoms with Gasteiger partial charge in [-0.3, -0.25) is 0 Å². The van der Waals surface area contributed by atoms with Gasteiger partial charge in [-0.05, 0) is 6.92 Å². The Labute approximate surface area is 65.8 Å². The topological polar surface area (TPSA) is 57.5 Å². The maximum Gasteiger partial charge on any atom is 0.330 e. The number of carboxylic acids is 1. The maximum absolute atomic E-state index is 9.60. The van der Waals surface area contributed by atoms with Gasteiger partial charge in [-0.1, -0.05) is 6.58 Å². The van der Waals surface area contributed by atoms with E-state index in [1.54, 1.807) is 0 Å². The molecule has 3 nitrogen and oxygen atoms in total. The van der Waals surface area contributed by atoms with E-state index in [1.807, 2.05) is 0 Å². The molecule has 0 aliphatic carbocycles. The van der Waals surface area contributed by atoms with E-state index in [0.29, 0.717) is 5.75 Å². The van der Waals surface area contributed by atoms with Crippen LogP contribution >= 0.6 is 12.6 Å². The van der Waals surface area contributed by atoms with Crippen LogP contribution in [-0.4, -0.2) is 28.5 Å². The van der Waals surface area contributed by atoms with Gasteiger partial charge in [0, 0.05) is 11.3 Å². The number of hydrogen-bond donors (Lipinski definition) is 3. The molecule has 0 amide bonds. The third-order valence-electron chi connectivity index (χ3n) is 0.465. The SMILES string of the molecule is C=C(C)C(=O)O.OCCS. The highest BCUT2D eigenvalue weighted by molar-refractivity contribution is 7.80. The van der Waals surface area contributed by atoms with Crippen LogP contribution < -0.4 is 0 Å². The third-order valence-corrected chi connectivity index (χ3v) is 0.665. The van der Waals surface area contributed by atoms with Gasteiger partial charge in [0.15, 0.2) is 0 Å². The van der Waals surface area contributed by atoms with E-state index >= 15 is 0 Å². The van der Waals surface area contributed by atoms with Gasteiger partial charge in [-0.15, -0.1) is 0 Å². The Morgan fingerprint density at radius 1 is 1.70 bits per heavy atom. The molecule has 0 aliphatic heterocycles. The van der Waals surface area contributed by atoms with Crippen LogP contribution in [0.2, 0.25) is 0 Å². The third kappa shape index (κ3) is 15.6. The quantitative estimate of drug-likeness (QED) is 0.413. The van der Waals surface area contributed by atoms with Crippen molar-refractivity contribution in [2.24, 2.45) is 0 Å². The van der Waals surface area contributed by atoms with E-state index in [9.17, 15) is 4.79 Å². The average molecular weight is 164 g/mol. The zero-order chi connectivity index (χ0) is 8.57. The number of aliphatic hydroxyl groups excluding tert-OH is 1. The van der Waals surface area contributed by atoms with Crippen LogP contribution in [0.15, 0.2) is 12.2 Å². The number of carbonyl (C=O) groups is 1. The van der Waals surface area contributed by atoms with E-state index in [-0.39, 0.29) is 12.2 Å². The predicted molar refractivity (Wildman–Crippen MR) is 43.4 cm³/mol. The Balaban J connectivity index is 0. The molecule has 0 aromatic heterocycles. The van der Waals surface area contributed by atoms with Crippen LogP contribution in [0.1, 0.15) is 6.92 Å². The highest BCUT2D eigenvalue weighted by atomic mass is 32.1. The molecule has 0 atom stereocenters. The van der Waals surface area contributed by atoms with Crippen LogP contribution in [0.4, 0.5) is 0 Å². The second-order valence-electron chi connectivity index (χ2n) is 1.53. The molecule has 60 valence electrons. The summed E-state index contributed by atoms with van der Waals surface area (Å²) in [4.78, 5) is 9.60. The monoisotopic (exact) mass is 164 g/mol. The molecule has 0 unspecified atom stereocenters. The highest BCUT2D eigenvalue weighted by Crippen LogP contribution is 1.81. The largest absolute Gasteiger partial charge is 0.478 e. The van der Waals surface area contributed by atoms with Gasteiger partial charge >= 0.3 is 5.97 Å². The number of thiol groups is 1. The molecule has 0 radical (unpaired) electrons. The lowest BCUT2D eigenvalue weighted by atomic mass is 10.4. The second-order valence-corrected chi connectivity index (χ2v) is 1.98. The number of aliphatic carboxylic acids is 1. The van der Waals surface area contributed by atoms with Crippen molar-refractivity contribution in [2.75, 3.05) is 12.4 Å². The highest BCUT2D eigenvalue weighted by Gasteiger charge is 1.90. The van der Waals surface area contributed by atoms with Gasteiger partial charge in [-0.2, -0.15) is 12.6 Å². The fraction of sp³-hybridized carbons (Fsp3) is 0.500. The minimum Gasteiger partial charge on any atom is -0.478 e. The number of rotatable bonds is 2. The summed E-state index contributed by atoms with van der Waals surface area (Å²) in [5.41, 5.74) is 0.176. The van der Waals surface area contributed by atoms with E-state index in [4.69, 9.17) is 10.2 Å². The molecule has 0 aromatic carbocycles. The molecule has 0 fully saturated rings. The average Bonchev–Trinajstić information content (AvgIpc) is 1.89. The van der Waals surface area contributed by atoms with Crippen molar-refractivity contribution in [3.63, 3.8) is 0 Å². The van der Waals surface area contributed by atoms with Gasteiger partial charge in [0.1, 0.15) is 0 Å². The van der Waals surface area contributed by atoms with Gasteiger partial charge in [0.25, 0.3) is 0 Å². The lowest BCUT2D eigenvalue weighted by molar-refractivity contribution is -0.132. The number of aliphatic hydroxyl groups is 1. The molecule has 0 spiro atoms. The van der Waals surface area contributed by atoms with Gasteiger partial charge in [0.05, 0.1) is 6.61 Å². The molecule has 2 N–H and O–H groups in total. The van der Waals surface area contributed by atoms with Crippen molar-refractivity contribution in [1.82, 2.24) is 0 Å². The summed E-state index contributed by atoms with van der Waals surface area (Å²) < 4.78 is 0. The molecule has 0 saturated carbocycles. The summed E-state index contributed by atoms with van der Waals surface area (Å²) in [6, 6.07) is 0. The van der Waals surface area contributed by atoms with Crippen LogP contribution in [0.5, 0.6) is 0 Å². The summed E-state index contributed by atoms with van der Waals surface area (Å²) in [7, 11) is 0. The van der Waals surface area contributed by atoms with Crippen molar-refractivity contribution in [3.8, 4) is 0 Å². The van der Waals surface area contributed by atoms with E-state index in [0.717, 1.165) is 0 Å². The van der Waals surface area contributed by atoms with E-state index in [1.165, 1.54) is 6.92 Å². The smallest absolute Gasteiger partial charge is 0.330 e. The summed E-state index contributed by atoms with van der Waals surface area (Å²) in [6.45, 7) is 4.79. The van der Waals surface area contributed by atoms with Crippen molar-refractivity contribution in [2.45, 2.75) is 6.92 Å². The first-order valence-electron chi connectivity index (χ1n) is 2.66. The normalized spacial score (nSPS) is 7.50. The molecule has 0 aromatic rings. The number of hydrogen-bond acceptors (Lipinski definition) is 3. The maximum atomic E-state index is 9.60. The van der Waals surface area contributed by atoms with Crippen molar-refractivity contribution in [3.05, 3.63) is 12.2 Å². The van der Waals surface area contributed by atoms with Crippen LogP contribution in [0, 0.1) is 0 Å². The lowest BCUT2D eigenvalue weighted by Crippen LogP contribution is -1.92. The van der Waals surface area contributed by atoms with Gasteiger partial charge in [0.2, 0.25) is 0 Å². The van der Waals surface area contributed by atoms with E-state index < -0.39 is 5.97 Å². The predicted octanol–water partition coefficient (Wildman–Crippen LogP) is 0.556. The minimum absolute atomic E-state index is 0.176. The first-order chi connectivity index (χ1) is 4.56. The Bertz CT molecular complexity index is 97.6. The molecular formula is C6H12O3S. The zero-order valence-corrected chi connectivity index (χ0v) is 6.77. The Hall–Kier alpha value is -0.480. The lowest BCUT2D eigenvalue weighted by Gasteiger charge is -1.79. The van der Waals surface area contributed by atoms with Crippen molar-refractivity contribution < 1.29 is 15.0 Å². The standard InChI is InChI=1S/C4H6O2.C2H6OS/c1-3(2)4(5)6;3-1-2-4/h1H2,2H3,(H,5,6);3-4H,1-2H2. The Kier molecular flexibility index (Phi) is 10.4. The molecule has 0 aliphatic rings. The first-order valence-corrected chi connectivity index (χ1v) is 3.30. The Morgan fingerprint density at radius 3 is 1.90 bits per heavy atom. The molecule has 0 rings (SSSR count). The summed E-state index contributed by atoms with van der Waals surface area (Å²) in [5.74, 6) is -0.366. The fourth-order valence-corrected chi connectivity index (χ4v) is 0. The van der Waals surface area contributed by atoms with Crippen LogP contribution in [0.3, 0.4) is 0 Å². The van der Waals surface area contributed by atoms with Crippen LogP contribution in [0.25, 0.3) is 0 Å². The summed E-state index contributed by atoms with van der Waals surface area (Å²) in [5, 5.41) is 15.7. The molecule has 0 heterocycles. The minimum atomic E-state index is -0.935. The Morgan fingerprint density at radius 2 is 1.90 bits per heavy atom.